The third kappa shape index (κ3) is 3.69. The van der Waals surface area contributed by atoms with Gasteiger partial charge in [-0.3, -0.25) is 4.90 Å². The molecule has 0 unspecified atom stereocenters. The smallest absolute Gasteiger partial charge is 0.231 e. The molecule has 0 atom stereocenters. The highest BCUT2D eigenvalue weighted by Crippen LogP contribution is 2.49. The summed E-state index contributed by atoms with van der Waals surface area (Å²) in [6.07, 6.45) is 1.09. The van der Waals surface area contributed by atoms with Crippen molar-refractivity contribution >= 4 is 16.5 Å². The molecule has 6 rings (SSSR count). The zero-order valence-electron chi connectivity index (χ0n) is 19.8. The number of morpholine rings is 1. The Labute approximate surface area is 199 Å². The number of fused-ring (bicyclic) bond motifs is 6. The van der Waals surface area contributed by atoms with Crippen molar-refractivity contribution in [3.63, 3.8) is 0 Å². The highest BCUT2D eigenvalue weighted by molar-refractivity contribution is 6.05. The van der Waals surface area contributed by atoms with Crippen molar-refractivity contribution in [2.24, 2.45) is 0 Å². The first-order valence-corrected chi connectivity index (χ1v) is 11.9. The quantitative estimate of drug-likeness (QED) is 0.542. The monoisotopic (exact) mass is 462 g/mol. The van der Waals surface area contributed by atoms with E-state index in [0.717, 1.165) is 80.7 Å². The number of nitrogens with zero attached hydrogens (tertiary/aromatic N) is 2. The maximum Gasteiger partial charge on any atom is 0.231 e. The Morgan fingerprint density at radius 2 is 1.62 bits per heavy atom. The number of methoxy groups -OCH3 is 2. The molecular weight excluding hydrogens is 432 g/mol. The minimum absolute atomic E-state index is 0.275. The van der Waals surface area contributed by atoms with Gasteiger partial charge >= 0.3 is 0 Å². The third-order valence-electron chi connectivity index (χ3n) is 7.07. The van der Waals surface area contributed by atoms with E-state index in [4.69, 9.17) is 23.7 Å². The summed E-state index contributed by atoms with van der Waals surface area (Å²) in [7, 11) is 3.38. The average Bonchev–Trinajstić information content (AvgIpc) is 3.34. The predicted octanol–water partition coefficient (Wildman–Crippen LogP) is 4.30. The van der Waals surface area contributed by atoms with Crippen LogP contribution in [0.2, 0.25) is 0 Å². The Kier molecular flexibility index (Phi) is 5.59. The van der Waals surface area contributed by atoms with E-state index < -0.39 is 0 Å². The van der Waals surface area contributed by atoms with Gasteiger partial charge in [-0.1, -0.05) is 12.1 Å². The van der Waals surface area contributed by atoms with Gasteiger partial charge < -0.3 is 28.6 Å². The molecule has 34 heavy (non-hydrogen) atoms. The van der Waals surface area contributed by atoms with E-state index in [-0.39, 0.29) is 6.79 Å². The van der Waals surface area contributed by atoms with E-state index in [1.807, 2.05) is 0 Å². The standard InChI is InChI=1S/C27H30N2O5/c1-30-23-13-19-16-29(7-3-6-28-8-10-32-11-9-28)27-20(21(19)14-24(23)31-2)5-4-18-12-25-26(15-22(18)27)34-17-33-25/h4-5,12-15H,3,6-11,16-17H2,1-2H3. The molecule has 0 spiro atoms. The number of benzene rings is 3. The van der Waals surface area contributed by atoms with Crippen LogP contribution >= 0.6 is 0 Å². The van der Waals surface area contributed by atoms with Crippen LogP contribution in [-0.4, -0.2) is 65.3 Å². The summed E-state index contributed by atoms with van der Waals surface area (Å²) in [6, 6.07) is 12.9. The summed E-state index contributed by atoms with van der Waals surface area (Å²) in [6.45, 7) is 6.83. The highest BCUT2D eigenvalue weighted by atomic mass is 16.7. The van der Waals surface area contributed by atoms with E-state index in [1.54, 1.807) is 14.2 Å². The van der Waals surface area contributed by atoms with Crippen molar-refractivity contribution in [2.45, 2.75) is 13.0 Å². The fraction of sp³-hybridized carbons (Fsp3) is 0.407. The first-order valence-electron chi connectivity index (χ1n) is 11.9. The first-order chi connectivity index (χ1) is 16.7. The largest absolute Gasteiger partial charge is 0.493 e. The van der Waals surface area contributed by atoms with E-state index in [0.29, 0.717) is 0 Å². The topological polar surface area (TPSA) is 52.6 Å². The molecule has 0 aliphatic carbocycles. The number of ether oxygens (including phenoxy) is 5. The van der Waals surface area contributed by atoms with Gasteiger partial charge in [-0.05, 0) is 47.2 Å². The lowest BCUT2D eigenvalue weighted by atomic mass is 9.89. The maximum absolute atomic E-state index is 5.73. The molecular formula is C27H30N2O5. The molecule has 0 amide bonds. The lowest BCUT2D eigenvalue weighted by molar-refractivity contribution is 0.0376. The Balaban J connectivity index is 1.42. The second-order valence-corrected chi connectivity index (χ2v) is 8.98. The van der Waals surface area contributed by atoms with Crippen LogP contribution in [0.15, 0.2) is 36.4 Å². The van der Waals surface area contributed by atoms with Crippen molar-refractivity contribution in [1.82, 2.24) is 4.90 Å². The summed E-state index contributed by atoms with van der Waals surface area (Å²) >= 11 is 0. The molecule has 3 aliphatic heterocycles. The van der Waals surface area contributed by atoms with Gasteiger partial charge in [0.1, 0.15) is 0 Å². The molecule has 1 saturated heterocycles. The van der Waals surface area contributed by atoms with E-state index in [9.17, 15) is 0 Å². The van der Waals surface area contributed by atoms with Gasteiger partial charge in [0, 0.05) is 43.7 Å². The molecule has 1 fully saturated rings. The number of rotatable bonds is 6. The van der Waals surface area contributed by atoms with Crippen LogP contribution in [0.1, 0.15) is 12.0 Å². The normalized spacial score (nSPS) is 16.9. The molecule has 0 aromatic heterocycles. The molecule has 7 nitrogen and oxygen atoms in total. The molecule has 3 aliphatic rings. The molecule has 7 heteroatoms. The second kappa shape index (κ2) is 8.89. The van der Waals surface area contributed by atoms with E-state index >= 15 is 0 Å². The van der Waals surface area contributed by atoms with Crippen molar-refractivity contribution in [1.29, 1.82) is 0 Å². The molecule has 0 saturated carbocycles. The SMILES string of the molecule is COc1cc2c(cc1OC)-c1ccc3cc4c(cc3c1N(CCCN1CCOCC1)C2)OCO4. The minimum Gasteiger partial charge on any atom is -0.493 e. The number of hydrogen-bond donors (Lipinski definition) is 0. The van der Waals surface area contributed by atoms with Crippen LogP contribution in [0.4, 0.5) is 5.69 Å². The molecule has 0 bridgehead atoms. The Hall–Kier alpha value is -3.16. The van der Waals surface area contributed by atoms with Crippen molar-refractivity contribution in [2.75, 3.05) is 65.3 Å². The lowest BCUT2D eigenvalue weighted by Gasteiger charge is -2.35. The van der Waals surface area contributed by atoms with Crippen LogP contribution in [-0.2, 0) is 11.3 Å². The lowest BCUT2D eigenvalue weighted by Crippen LogP contribution is -2.38. The summed E-state index contributed by atoms with van der Waals surface area (Å²) in [5, 5.41) is 2.35. The van der Waals surface area contributed by atoms with Gasteiger partial charge in [-0.15, -0.1) is 0 Å². The summed E-state index contributed by atoms with van der Waals surface area (Å²) in [5.41, 5.74) is 4.89. The maximum atomic E-state index is 5.73. The fourth-order valence-corrected chi connectivity index (χ4v) is 5.34. The van der Waals surface area contributed by atoms with Gasteiger partial charge in [-0.25, -0.2) is 0 Å². The molecule has 3 aromatic rings. The van der Waals surface area contributed by atoms with Crippen LogP contribution in [0, 0.1) is 0 Å². The Bertz CT molecular complexity index is 1220. The Morgan fingerprint density at radius 3 is 2.41 bits per heavy atom. The Morgan fingerprint density at radius 1 is 0.853 bits per heavy atom. The first kappa shape index (κ1) is 21.4. The molecule has 3 aromatic carbocycles. The van der Waals surface area contributed by atoms with Crippen LogP contribution < -0.4 is 23.8 Å². The third-order valence-corrected chi connectivity index (χ3v) is 7.07. The zero-order valence-corrected chi connectivity index (χ0v) is 19.8. The summed E-state index contributed by atoms with van der Waals surface area (Å²) in [4.78, 5) is 5.01. The average molecular weight is 463 g/mol. The summed E-state index contributed by atoms with van der Waals surface area (Å²) in [5.74, 6) is 3.14. The molecule has 0 radical (unpaired) electrons. The summed E-state index contributed by atoms with van der Waals surface area (Å²) < 4.78 is 28.1. The molecule has 3 heterocycles. The number of anilines is 1. The van der Waals surface area contributed by atoms with Crippen molar-refractivity contribution in [3.8, 4) is 34.1 Å². The number of hydrogen-bond acceptors (Lipinski definition) is 7. The zero-order chi connectivity index (χ0) is 23.1. The highest BCUT2D eigenvalue weighted by Gasteiger charge is 2.27. The van der Waals surface area contributed by atoms with Crippen LogP contribution in [0.25, 0.3) is 21.9 Å². The van der Waals surface area contributed by atoms with Crippen molar-refractivity contribution in [3.05, 3.63) is 42.0 Å². The second-order valence-electron chi connectivity index (χ2n) is 8.98. The fourth-order valence-electron chi connectivity index (χ4n) is 5.34. The van der Waals surface area contributed by atoms with Gasteiger partial charge in [0.2, 0.25) is 6.79 Å². The minimum atomic E-state index is 0.275. The van der Waals surface area contributed by atoms with Gasteiger partial charge in [0.05, 0.1) is 33.1 Å². The van der Waals surface area contributed by atoms with E-state index in [2.05, 4.69) is 46.2 Å². The van der Waals surface area contributed by atoms with Crippen LogP contribution in [0.3, 0.4) is 0 Å². The van der Waals surface area contributed by atoms with Gasteiger partial charge in [0.25, 0.3) is 0 Å². The van der Waals surface area contributed by atoms with Crippen molar-refractivity contribution < 1.29 is 23.7 Å². The van der Waals surface area contributed by atoms with E-state index in [1.165, 1.54) is 27.8 Å². The molecule has 0 N–H and O–H groups in total. The van der Waals surface area contributed by atoms with Gasteiger partial charge in [-0.2, -0.15) is 0 Å². The van der Waals surface area contributed by atoms with Gasteiger partial charge in [0.15, 0.2) is 23.0 Å². The predicted molar refractivity (Wildman–Crippen MR) is 132 cm³/mol. The van der Waals surface area contributed by atoms with Crippen LogP contribution in [0.5, 0.6) is 23.0 Å². The molecule has 178 valence electrons.